The molecule has 1 aliphatic rings. The molecule has 1 amide bonds. The Hall–Kier alpha value is -3.25. The van der Waals surface area contributed by atoms with Crippen LogP contribution in [0.2, 0.25) is 0 Å². The fourth-order valence-corrected chi connectivity index (χ4v) is 4.16. The first-order chi connectivity index (χ1) is 16.1. The Bertz CT molecular complexity index is 1170. The summed E-state index contributed by atoms with van der Waals surface area (Å²) in [4.78, 5) is 13.1. The molecule has 170 valence electrons. The van der Waals surface area contributed by atoms with E-state index in [4.69, 9.17) is 10.5 Å². The first kappa shape index (κ1) is 22.9. The predicted octanol–water partition coefficient (Wildman–Crippen LogP) is 4.01. The predicted molar refractivity (Wildman–Crippen MR) is 133 cm³/mol. The molecule has 3 N–H and O–H groups in total. The van der Waals surface area contributed by atoms with Crippen molar-refractivity contribution in [1.29, 1.82) is 0 Å². The number of benzene rings is 3. The fraction of sp³-hybridized carbons (Fsp3) is 0.250. The summed E-state index contributed by atoms with van der Waals surface area (Å²) < 4.78 is 5.73. The van der Waals surface area contributed by atoms with Crippen molar-refractivity contribution in [3.05, 3.63) is 95.6 Å². The number of ether oxygens (including phenoxy) is 1. The average molecular weight is 443 g/mol. The maximum atomic E-state index is 10.9. The second kappa shape index (κ2) is 11.1. The molecule has 3 aromatic rings. The maximum Gasteiger partial charge on any atom is 0.241 e. The van der Waals surface area contributed by atoms with Gasteiger partial charge >= 0.3 is 0 Å². The number of nitrogens with zero attached hydrogens (tertiary/aromatic N) is 1. The molecule has 0 saturated heterocycles. The number of amides is 1. The molecule has 0 fully saturated rings. The summed E-state index contributed by atoms with van der Waals surface area (Å²) in [6.07, 6.45) is 5.71. The number of hydrogen-bond acceptors (Lipinski definition) is 4. The van der Waals surface area contributed by atoms with Crippen molar-refractivity contribution in [2.45, 2.75) is 19.1 Å². The number of fused-ring (bicyclic) bond motifs is 1. The number of hydrogen-bond donors (Lipinski definition) is 2. The molecule has 33 heavy (non-hydrogen) atoms. The van der Waals surface area contributed by atoms with Crippen LogP contribution < -0.4 is 5.73 Å². The molecule has 4 rings (SSSR count). The smallest absolute Gasteiger partial charge is 0.241 e. The van der Waals surface area contributed by atoms with Crippen molar-refractivity contribution in [3.63, 3.8) is 0 Å². The van der Waals surface area contributed by atoms with E-state index in [-0.39, 0.29) is 6.61 Å². The van der Waals surface area contributed by atoms with E-state index in [1.165, 1.54) is 28.0 Å². The molecule has 0 bridgehead atoms. The van der Waals surface area contributed by atoms with Crippen molar-refractivity contribution in [2.75, 3.05) is 26.2 Å². The van der Waals surface area contributed by atoms with Gasteiger partial charge in [-0.3, -0.25) is 9.69 Å². The van der Waals surface area contributed by atoms with E-state index < -0.39 is 12.0 Å². The highest BCUT2D eigenvalue weighted by atomic mass is 16.5. The lowest BCUT2D eigenvalue weighted by atomic mass is 9.97. The summed E-state index contributed by atoms with van der Waals surface area (Å²) in [6.45, 7) is 3.01. The van der Waals surface area contributed by atoms with Crippen molar-refractivity contribution in [3.8, 4) is 0 Å². The molecular weight excluding hydrogens is 412 g/mol. The van der Waals surface area contributed by atoms with Gasteiger partial charge in [-0.05, 0) is 57.7 Å². The van der Waals surface area contributed by atoms with E-state index in [0.29, 0.717) is 13.2 Å². The molecule has 3 aromatic carbocycles. The normalized spacial score (nSPS) is 15.6. The van der Waals surface area contributed by atoms with E-state index in [1.807, 2.05) is 24.3 Å². The highest BCUT2D eigenvalue weighted by Crippen LogP contribution is 2.26. The van der Waals surface area contributed by atoms with Crippen molar-refractivity contribution in [1.82, 2.24) is 4.90 Å². The van der Waals surface area contributed by atoms with Crippen LogP contribution in [0.25, 0.3) is 22.4 Å². The van der Waals surface area contributed by atoms with Gasteiger partial charge < -0.3 is 15.6 Å². The Labute approximate surface area is 194 Å². The van der Waals surface area contributed by atoms with Gasteiger partial charge in [0.05, 0.1) is 19.3 Å². The molecule has 0 saturated carbocycles. The summed E-state index contributed by atoms with van der Waals surface area (Å²) in [6, 6.07) is 22.8. The van der Waals surface area contributed by atoms with Crippen LogP contribution in [0, 0.1) is 0 Å². The fourth-order valence-electron chi connectivity index (χ4n) is 4.16. The summed E-state index contributed by atoms with van der Waals surface area (Å²) >= 11 is 0. The molecule has 0 aliphatic carbocycles. The van der Waals surface area contributed by atoms with Crippen LogP contribution >= 0.6 is 0 Å². The highest BCUT2D eigenvalue weighted by Gasteiger charge is 2.16. The summed E-state index contributed by atoms with van der Waals surface area (Å²) in [5, 5.41) is 13.0. The monoisotopic (exact) mass is 442 g/mol. The number of aliphatic hydroxyl groups excluding tert-OH is 1. The molecule has 1 aliphatic heterocycles. The Morgan fingerprint density at radius 3 is 2.73 bits per heavy atom. The van der Waals surface area contributed by atoms with Gasteiger partial charge in [0.15, 0.2) is 0 Å². The maximum absolute atomic E-state index is 10.9. The largest absolute Gasteiger partial charge is 0.389 e. The van der Waals surface area contributed by atoms with E-state index in [9.17, 15) is 9.90 Å². The quantitative estimate of drug-likeness (QED) is 0.491. The van der Waals surface area contributed by atoms with Crippen molar-refractivity contribution < 1.29 is 14.6 Å². The van der Waals surface area contributed by atoms with Crippen molar-refractivity contribution >= 4 is 28.3 Å². The van der Waals surface area contributed by atoms with Crippen LogP contribution in [0.1, 0.15) is 23.1 Å². The summed E-state index contributed by atoms with van der Waals surface area (Å²) in [5.41, 5.74) is 9.66. The lowest BCUT2D eigenvalue weighted by Crippen LogP contribution is -2.37. The van der Waals surface area contributed by atoms with Gasteiger partial charge in [-0.2, -0.15) is 0 Å². The zero-order valence-electron chi connectivity index (χ0n) is 18.7. The van der Waals surface area contributed by atoms with Crippen LogP contribution in [0.4, 0.5) is 0 Å². The molecule has 1 unspecified atom stereocenters. The summed E-state index contributed by atoms with van der Waals surface area (Å²) in [5.74, 6) is -0.475. The number of carbonyl (C=O) groups is 1. The van der Waals surface area contributed by atoms with E-state index >= 15 is 0 Å². The third-order valence-corrected chi connectivity index (χ3v) is 5.85. The first-order valence-electron chi connectivity index (χ1n) is 11.3. The van der Waals surface area contributed by atoms with Crippen LogP contribution in [0.3, 0.4) is 0 Å². The summed E-state index contributed by atoms with van der Waals surface area (Å²) in [7, 11) is 0. The molecule has 0 aromatic heterocycles. The number of primary amides is 1. The van der Waals surface area contributed by atoms with Gasteiger partial charge in [0.1, 0.15) is 0 Å². The molecule has 0 radical (unpaired) electrons. The average Bonchev–Trinajstić information content (AvgIpc) is 2.83. The third kappa shape index (κ3) is 6.62. The first-order valence-corrected chi connectivity index (χ1v) is 11.3. The number of aliphatic hydroxyl groups is 1. The molecule has 1 heterocycles. The SMILES string of the molecule is NC(=O)/C=C/c1cccc(COCC(O)CN2CC=C(c3ccc4ccccc4c3)CC2)c1. The Kier molecular flexibility index (Phi) is 7.68. The van der Waals surface area contributed by atoms with Crippen LogP contribution in [0.15, 0.2) is 78.9 Å². The minimum Gasteiger partial charge on any atom is -0.389 e. The Balaban J connectivity index is 1.23. The van der Waals surface area contributed by atoms with Gasteiger partial charge in [-0.25, -0.2) is 0 Å². The third-order valence-electron chi connectivity index (χ3n) is 5.85. The number of β-amino-alcohol motifs (C(OH)–C–C–N with tert-alkyl or cyclic N) is 1. The second-order valence-electron chi connectivity index (χ2n) is 8.45. The van der Waals surface area contributed by atoms with Crippen LogP contribution in [0.5, 0.6) is 0 Å². The molecule has 0 spiro atoms. The zero-order chi connectivity index (χ0) is 23.0. The van der Waals surface area contributed by atoms with Gasteiger partial charge in [0.2, 0.25) is 5.91 Å². The van der Waals surface area contributed by atoms with Gasteiger partial charge in [-0.15, -0.1) is 0 Å². The van der Waals surface area contributed by atoms with E-state index in [1.54, 1.807) is 6.08 Å². The van der Waals surface area contributed by atoms with Gasteiger partial charge in [0, 0.05) is 25.7 Å². The lowest BCUT2D eigenvalue weighted by Gasteiger charge is -2.28. The number of carbonyl (C=O) groups excluding carboxylic acids is 1. The van der Waals surface area contributed by atoms with Crippen LogP contribution in [-0.2, 0) is 16.1 Å². The van der Waals surface area contributed by atoms with Crippen molar-refractivity contribution in [2.24, 2.45) is 5.73 Å². The molecule has 1 atom stereocenters. The van der Waals surface area contributed by atoms with E-state index in [0.717, 1.165) is 30.6 Å². The minimum atomic E-state index is -0.543. The molecule has 5 nitrogen and oxygen atoms in total. The second-order valence-corrected chi connectivity index (χ2v) is 8.45. The van der Waals surface area contributed by atoms with Gasteiger partial charge in [0.25, 0.3) is 0 Å². The molecular formula is C28H30N2O3. The highest BCUT2D eigenvalue weighted by molar-refractivity contribution is 5.90. The lowest BCUT2D eigenvalue weighted by molar-refractivity contribution is -0.113. The number of rotatable bonds is 9. The standard InChI is InChI=1S/C28H30N2O3/c29-28(32)11-8-21-4-3-5-22(16-21)19-33-20-27(31)18-30-14-12-24(13-15-30)26-10-9-23-6-1-2-7-25(23)17-26/h1-12,16-17,27,31H,13-15,18-20H2,(H2,29,32)/b11-8+. The minimum absolute atomic E-state index is 0.277. The topological polar surface area (TPSA) is 75.8 Å². The Morgan fingerprint density at radius 2 is 1.94 bits per heavy atom. The molecule has 5 heteroatoms. The number of nitrogens with two attached hydrogens (primary N) is 1. The van der Waals surface area contributed by atoms with Gasteiger partial charge in [-0.1, -0.05) is 60.7 Å². The van der Waals surface area contributed by atoms with Crippen LogP contribution in [-0.4, -0.2) is 48.3 Å². The van der Waals surface area contributed by atoms with E-state index in [2.05, 4.69) is 53.4 Å². The Morgan fingerprint density at radius 1 is 1.09 bits per heavy atom. The zero-order valence-corrected chi connectivity index (χ0v) is 18.7.